The van der Waals surface area contributed by atoms with Crippen LogP contribution in [-0.2, 0) is 0 Å². The highest BCUT2D eigenvalue weighted by Gasteiger charge is 2.08. The lowest BCUT2D eigenvalue weighted by Crippen LogP contribution is -2.10. The van der Waals surface area contributed by atoms with Crippen molar-refractivity contribution in [3.63, 3.8) is 0 Å². The molecule has 1 rings (SSSR count). The van der Waals surface area contributed by atoms with Gasteiger partial charge in [-0.05, 0) is 11.6 Å². The minimum absolute atomic E-state index is 0.0297. The molecule has 0 saturated heterocycles. The van der Waals surface area contributed by atoms with Crippen LogP contribution < -0.4 is 5.73 Å². The van der Waals surface area contributed by atoms with Crippen LogP contribution in [0.4, 0.5) is 0 Å². The molecule has 1 aromatic rings. The molecule has 3 N–H and O–H groups in total. The molecule has 0 radical (unpaired) electrons. The Morgan fingerprint density at radius 3 is 2.86 bits per heavy atom. The third-order valence-corrected chi connectivity index (χ3v) is 1.74. The molecule has 5 heteroatoms. The predicted molar refractivity (Wildman–Crippen MR) is 48.4 cm³/mol. The first kappa shape index (κ1) is 10.2. The molecule has 0 amide bonds. The molecule has 0 spiro atoms. The van der Waals surface area contributed by atoms with Crippen LogP contribution in [0.5, 0.6) is 0 Å². The van der Waals surface area contributed by atoms with Crippen LogP contribution in [0, 0.1) is 11.3 Å². The number of hydrogen-bond donors (Lipinski definition) is 2. The van der Waals surface area contributed by atoms with E-state index in [-0.39, 0.29) is 12.1 Å². The van der Waals surface area contributed by atoms with Gasteiger partial charge in [0.15, 0.2) is 0 Å². The highest BCUT2D eigenvalue weighted by atomic mass is 16.4. The van der Waals surface area contributed by atoms with Crippen molar-refractivity contribution in [3.8, 4) is 6.07 Å². The molecule has 0 fully saturated rings. The number of nitrogens with zero attached hydrogens (tertiary/aromatic N) is 2. The summed E-state index contributed by atoms with van der Waals surface area (Å²) in [6.07, 6.45) is 1.57. The first-order valence-corrected chi connectivity index (χ1v) is 3.97. The molecule has 0 aliphatic rings. The second kappa shape index (κ2) is 4.35. The van der Waals surface area contributed by atoms with Crippen LogP contribution in [-0.4, -0.2) is 16.1 Å². The van der Waals surface area contributed by atoms with Gasteiger partial charge in [-0.1, -0.05) is 6.07 Å². The summed E-state index contributed by atoms with van der Waals surface area (Å²) in [7, 11) is 0. The van der Waals surface area contributed by atoms with E-state index in [0.29, 0.717) is 5.56 Å². The smallest absolute Gasteiger partial charge is 0.354 e. The van der Waals surface area contributed by atoms with Gasteiger partial charge in [0.05, 0.1) is 12.5 Å². The zero-order chi connectivity index (χ0) is 10.6. The summed E-state index contributed by atoms with van der Waals surface area (Å²) in [5.41, 5.74) is 6.26. The Balaban J connectivity index is 2.84. The third-order valence-electron chi connectivity index (χ3n) is 1.74. The molecule has 72 valence electrons. The van der Waals surface area contributed by atoms with Crippen LogP contribution in [0.25, 0.3) is 0 Å². The topological polar surface area (TPSA) is 100 Å². The quantitative estimate of drug-likeness (QED) is 0.732. The Hall–Kier alpha value is -1.93. The maximum absolute atomic E-state index is 10.5. The van der Waals surface area contributed by atoms with Crippen LogP contribution >= 0.6 is 0 Å². The van der Waals surface area contributed by atoms with Crippen molar-refractivity contribution >= 4 is 5.97 Å². The van der Waals surface area contributed by atoms with Crippen molar-refractivity contribution < 1.29 is 9.90 Å². The first-order chi connectivity index (χ1) is 6.65. The lowest BCUT2D eigenvalue weighted by atomic mass is 10.1. The van der Waals surface area contributed by atoms with E-state index in [9.17, 15) is 4.79 Å². The molecular weight excluding hydrogens is 182 g/mol. The largest absolute Gasteiger partial charge is 0.477 e. The number of carboxylic acid groups (broad SMARTS) is 1. The minimum Gasteiger partial charge on any atom is -0.477 e. The van der Waals surface area contributed by atoms with Gasteiger partial charge in [0, 0.05) is 12.2 Å². The number of aromatic nitrogens is 1. The van der Waals surface area contributed by atoms with E-state index in [4.69, 9.17) is 16.1 Å². The minimum atomic E-state index is -1.08. The Morgan fingerprint density at radius 2 is 2.43 bits per heavy atom. The van der Waals surface area contributed by atoms with Crippen molar-refractivity contribution in [2.45, 2.75) is 12.5 Å². The Morgan fingerprint density at radius 1 is 1.71 bits per heavy atom. The number of nitrogens with two attached hydrogens (primary N) is 1. The van der Waals surface area contributed by atoms with Gasteiger partial charge in [0.1, 0.15) is 5.69 Å². The molecule has 0 bridgehead atoms. The maximum Gasteiger partial charge on any atom is 0.354 e. The molecular formula is C9H9N3O2. The summed E-state index contributed by atoms with van der Waals surface area (Å²) in [5.74, 6) is -1.08. The standard InChI is InChI=1S/C9H9N3O2/c10-4-3-7(11)6-1-2-8(9(13)14)12-5-6/h1-2,5,7H,3,11H2,(H,13,14)/t7-/m0/s1. The zero-order valence-corrected chi connectivity index (χ0v) is 7.34. The monoisotopic (exact) mass is 191 g/mol. The molecule has 1 atom stereocenters. The summed E-state index contributed by atoms with van der Waals surface area (Å²) >= 11 is 0. The van der Waals surface area contributed by atoms with Crippen LogP contribution in [0.15, 0.2) is 18.3 Å². The van der Waals surface area contributed by atoms with E-state index in [1.807, 2.05) is 6.07 Å². The number of aromatic carboxylic acids is 1. The Bertz CT molecular complexity index is 367. The number of rotatable bonds is 3. The molecule has 0 aromatic carbocycles. The van der Waals surface area contributed by atoms with Gasteiger partial charge in [-0.2, -0.15) is 5.26 Å². The average Bonchev–Trinajstić information content (AvgIpc) is 2.18. The fourth-order valence-electron chi connectivity index (χ4n) is 0.967. The van der Waals surface area contributed by atoms with Gasteiger partial charge < -0.3 is 10.8 Å². The van der Waals surface area contributed by atoms with Gasteiger partial charge >= 0.3 is 5.97 Å². The molecule has 0 aliphatic heterocycles. The van der Waals surface area contributed by atoms with E-state index in [1.54, 1.807) is 6.07 Å². The van der Waals surface area contributed by atoms with Crippen molar-refractivity contribution in [1.82, 2.24) is 4.98 Å². The summed E-state index contributed by atoms with van der Waals surface area (Å²) in [5, 5.41) is 17.0. The van der Waals surface area contributed by atoms with Crippen LogP contribution in [0.1, 0.15) is 28.5 Å². The zero-order valence-electron chi connectivity index (χ0n) is 7.34. The number of pyridine rings is 1. The number of nitriles is 1. The molecule has 5 nitrogen and oxygen atoms in total. The summed E-state index contributed by atoms with van der Waals surface area (Å²) in [4.78, 5) is 14.2. The van der Waals surface area contributed by atoms with Gasteiger partial charge in [-0.3, -0.25) is 0 Å². The van der Waals surface area contributed by atoms with E-state index < -0.39 is 12.0 Å². The predicted octanol–water partition coefficient (Wildman–Crippen LogP) is 0.693. The normalized spacial score (nSPS) is 11.7. The van der Waals surface area contributed by atoms with Gasteiger partial charge in [-0.15, -0.1) is 0 Å². The van der Waals surface area contributed by atoms with Gasteiger partial charge in [0.2, 0.25) is 0 Å². The van der Waals surface area contributed by atoms with E-state index in [2.05, 4.69) is 4.98 Å². The molecule has 1 heterocycles. The molecule has 1 aromatic heterocycles. The van der Waals surface area contributed by atoms with Crippen LogP contribution in [0.2, 0.25) is 0 Å². The van der Waals surface area contributed by atoms with Crippen LogP contribution in [0.3, 0.4) is 0 Å². The fraction of sp³-hybridized carbons (Fsp3) is 0.222. The van der Waals surface area contributed by atoms with Gasteiger partial charge in [-0.25, -0.2) is 9.78 Å². The molecule has 0 unspecified atom stereocenters. The molecule has 0 saturated carbocycles. The number of carboxylic acids is 1. The van der Waals surface area contributed by atoms with E-state index >= 15 is 0 Å². The second-order valence-electron chi connectivity index (χ2n) is 2.75. The summed E-state index contributed by atoms with van der Waals surface area (Å²) < 4.78 is 0. The van der Waals surface area contributed by atoms with Gasteiger partial charge in [0.25, 0.3) is 0 Å². The number of carbonyl (C=O) groups is 1. The highest BCUT2D eigenvalue weighted by Crippen LogP contribution is 2.12. The fourth-order valence-corrected chi connectivity index (χ4v) is 0.967. The first-order valence-electron chi connectivity index (χ1n) is 3.97. The Labute approximate surface area is 80.8 Å². The summed E-state index contributed by atoms with van der Waals surface area (Å²) in [6.45, 7) is 0. The molecule has 0 aliphatic carbocycles. The van der Waals surface area contributed by atoms with Crippen molar-refractivity contribution in [3.05, 3.63) is 29.6 Å². The lowest BCUT2D eigenvalue weighted by Gasteiger charge is -2.06. The van der Waals surface area contributed by atoms with Crippen molar-refractivity contribution in [2.75, 3.05) is 0 Å². The Kier molecular flexibility index (Phi) is 3.15. The van der Waals surface area contributed by atoms with Crippen molar-refractivity contribution in [1.29, 1.82) is 5.26 Å². The average molecular weight is 191 g/mol. The number of hydrogen-bond acceptors (Lipinski definition) is 4. The summed E-state index contributed by atoms with van der Waals surface area (Å²) in [6, 6.07) is 4.46. The second-order valence-corrected chi connectivity index (χ2v) is 2.75. The highest BCUT2D eigenvalue weighted by molar-refractivity contribution is 5.85. The lowest BCUT2D eigenvalue weighted by molar-refractivity contribution is 0.0690. The van der Waals surface area contributed by atoms with E-state index in [1.165, 1.54) is 12.3 Å². The maximum atomic E-state index is 10.5. The third kappa shape index (κ3) is 2.28. The molecule has 14 heavy (non-hydrogen) atoms. The van der Waals surface area contributed by atoms with Crippen molar-refractivity contribution in [2.24, 2.45) is 5.73 Å². The SMILES string of the molecule is N#CC[C@H](N)c1ccc(C(=O)O)nc1. The van der Waals surface area contributed by atoms with E-state index in [0.717, 1.165) is 0 Å².